The van der Waals surface area contributed by atoms with E-state index in [1.54, 1.807) is 24.3 Å². The zero-order valence-corrected chi connectivity index (χ0v) is 14.7. The van der Waals surface area contributed by atoms with Crippen LogP contribution >= 0.6 is 0 Å². The lowest BCUT2D eigenvalue weighted by molar-refractivity contribution is -0.159. The van der Waals surface area contributed by atoms with Gasteiger partial charge in [-0.1, -0.05) is 23.4 Å². The number of halogens is 3. The number of aromatic nitrogens is 2. The fourth-order valence-electron chi connectivity index (χ4n) is 2.49. The molecule has 3 rings (SSSR count). The third-order valence-corrected chi connectivity index (χ3v) is 3.79. The van der Waals surface area contributed by atoms with Gasteiger partial charge in [0, 0.05) is 5.56 Å². The lowest BCUT2D eigenvalue weighted by Gasteiger charge is -2.12. The Bertz CT molecular complexity index is 885. The summed E-state index contributed by atoms with van der Waals surface area (Å²) in [6.07, 6.45) is -4.66. The zero-order chi connectivity index (χ0) is 19.4. The fourth-order valence-corrected chi connectivity index (χ4v) is 2.49. The number of rotatable bonds is 6. The first kappa shape index (κ1) is 18.8. The van der Waals surface area contributed by atoms with Gasteiger partial charge in [0.2, 0.25) is 5.82 Å². The molecule has 27 heavy (non-hydrogen) atoms. The molecule has 0 aliphatic rings. The van der Waals surface area contributed by atoms with Crippen molar-refractivity contribution in [2.24, 2.45) is 0 Å². The Morgan fingerprint density at radius 1 is 0.926 bits per heavy atom. The minimum atomic E-state index is -4.66. The van der Waals surface area contributed by atoms with Gasteiger partial charge in [-0.25, -0.2) is 0 Å². The minimum absolute atomic E-state index is 0.132. The topological polar surface area (TPSA) is 57.4 Å². The third-order valence-electron chi connectivity index (χ3n) is 3.79. The summed E-state index contributed by atoms with van der Waals surface area (Å²) in [7, 11) is 0. The highest BCUT2D eigenvalue weighted by Crippen LogP contribution is 2.29. The van der Waals surface area contributed by atoms with Gasteiger partial charge in [-0.05, 0) is 49.2 Å². The zero-order valence-electron chi connectivity index (χ0n) is 14.7. The van der Waals surface area contributed by atoms with E-state index >= 15 is 0 Å². The lowest BCUT2D eigenvalue weighted by atomic mass is 10.1. The molecule has 1 heterocycles. The molecule has 0 atom stereocenters. The standard InChI is InChI=1S/C19H17F3N2O3/c1-12-4-3-5-13(2)16(12)26-11-10-25-15-8-6-14(7-9-15)17-23-18(27-24-17)19(20,21)22/h3-9H,10-11H2,1-2H3. The van der Waals surface area contributed by atoms with Crippen LogP contribution in [0.1, 0.15) is 17.0 Å². The molecule has 5 nitrogen and oxygen atoms in total. The van der Waals surface area contributed by atoms with Crippen molar-refractivity contribution in [2.75, 3.05) is 13.2 Å². The van der Waals surface area contributed by atoms with Crippen LogP contribution in [0.25, 0.3) is 11.4 Å². The van der Waals surface area contributed by atoms with E-state index in [4.69, 9.17) is 9.47 Å². The van der Waals surface area contributed by atoms with Gasteiger partial charge in [-0.3, -0.25) is 0 Å². The number of hydrogen-bond donors (Lipinski definition) is 0. The number of alkyl halides is 3. The van der Waals surface area contributed by atoms with E-state index in [2.05, 4.69) is 14.7 Å². The van der Waals surface area contributed by atoms with Crippen LogP contribution in [-0.2, 0) is 6.18 Å². The van der Waals surface area contributed by atoms with Crippen LogP contribution < -0.4 is 9.47 Å². The van der Waals surface area contributed by atoms with Gasteiger partial charge < -0.3 is 14.0 Å². The van der Waals surface area contributed by atoms with Gasteiger partial charge >= 0.3 is 12.1 Å². The van der Waals surface area contributed by atoms with E-state index in [1.807, 2.05) is 32.0 Å². The van der Waals surface area contributed by atoms with Crippen molar-refractivity contribution >= 4 is 0 Å². The van der Waals surface area contributed by atoms with Crippen LogP contribution in [0, 0.1) is 13.8 Å². The molecule has 0 bridgehead atoms. The second-order valence-electron chi connectivity index (χ2n) is 5.86. The average Bonchev–Trinajstić information content (AvgIpc) is 3.12. The molecule has 1 aromatic heterocycles. The normalized spacial score (nSPS) is 11.4. The monoisotopic (exact) mass is 378 g/mol. The average molecular weight is 378 g/mol. The highest BCUT2D eigenvalue weighted by atomic mass is 19.4. The molecular formula is C19H17F3N2O3. The van der Waals surface area contributed by atoms with E-state index in [-0.39, 0.29) is 5.82 Å². The second-order valence-corrected chi connectivity index (χ2v) is 5.86. The summed E-state index contributed by atoms with van der Waals surface area (Å²) in [4.78, 5) is 3.34. The molecule has 0 saturated carbocycles. The van der Waals surface area contributed by atoms with E-state index in [0.717, 1.165) is 16.9 Å². The maximum absolute atomic E-state index is 12.5. The van der Waals surface area contributed by atoms with Crippen LogP contribution in [-0.4, -0.2) is 23.4 Å². The lowest BCUT2D eigenvalue weighted by Crippen LogP contribution is -2.10. The highest BCUT2D eigenvalue weighted by Gasteiger charge is 2.38. The first-order valence-electron chi connectivity index (χ1n) is 8.18. The fraction of sp³-hybridized carbons (Fsp3) is 0.263. The largest absolute Gasteiger partial charge is 0.490 e. The summed E-state index contributed by atoms with van der Waals surface area (Å²) in [6, 6.07) is 12.3. The van der Waals surface area contributed by atoms with E-state index < -0.39 is 12.1 Å². The Morgan fingerprint density at radius 3 is 2.15 bits per heavy atom. The first-order chi connectivity index (χ1) is 12.8. The molecule has 0 unspecified atom stereocenters. The van der Waals surface area contributed by atoms with Crippen LogP contribution in [0.15, 0.2) is 47.0 Å². The van der Waals surface area contributed by atoms with Gasteiger partial charge in [0.05, 0.1) is 0 Å². The van der Waals surface area contributed by atoms with Crippen molar-refractivity contribution in [3.05, 3.63) is 59.5 Å². The first-order valence-corrected chi connectivity index (χ1v) is 8.18. The summed E-state index contributed by atoms with van der Waals surface area (Å²) in [6.45, 7) is 4.65. The van der Waals surface area contributed by atoms with E-state index in [1.165, 1.54) is 0 Å². The van der Waals surface area contributed by atoms with E-state index in [9.17, 15) is 13.2 Å². The quantitative estimate of drug-likeness (QED) is 0.575. The molecule has 0 saturated heterocycles. The van der Waals surface area contributed by atoms with Crippen molar-refractivity contribution in [3.63, 3.8) is 0 Å². The number of hydrogen-bond acceptors (Lipinski definition) is 5. The molecule has 0 aliphatic heterocycles. The molecule has 142 valence electrons. The molecule has 0 spiro atoms. The minimum Gasteiger partial charge on any atom is -0.490 e. The van der Waals surface area contributed by atoms with Gasteiger partial charge in [-0.15, -0.1) is 0 Å². The highest BCUT2D eigenvalue weighted by molar-refractivity contribution is 5.55. The predicted octanol–water partition coefficient (Wildman–Crippen LogP) is 4.83. The molecular weight excluding hydrogens is 361 g/mol. The molecule has 0 fully saturated rings. The van der Waals surface area contributed by atoms with Crippen LogP contribution in [0.5, 0.6) is 11.5 Å². The summed E-state index contributed by atoms with van der Waals surface area (Å²) in [5.74, 6) is -0.105. The number of ether oxygens (including phenoxy) is 2. The Hall–Kier alpha value is -3.03. The van der Waals surface area contributed by atoms with Crippen molar-refractivity contribution in [1.29, 1.82) is 0 Å². The maximum atomic E-state index is 12.5. The summed E-state index contributed by atoms with van der Waals surface area (Å²) < 4.78 is 53.1. The molecule has 8 heteroatoms. The molecule has 0 amide bonds. The van der Waals surface area contributed by atoms with Gasteiger partial charge in [-0.2, -0.15) is 18.2 Å². The van der Waals surface area contributed by atoms with Crippen LogP contribution in [0.2, 0.25) is 0 Å². The van der Waals surface area contributed by atoms with Crippen molar-refractivity contribution < 1.29 is 27.2 Å². The van der Waals surface area contributed by atoms with Gasteiger partial charge in [0.1, 0.15) is 24.7 Å². The summed E-state index contributed by atoms with van der Waals surface area (Å²) >= 11 is 0. The summed E-state index contributed by atoms with van der Waals surface area (Å²) in [5, 5.41) is 3.34. The third kappa shape index (κ3) is 4.58. The molecule has 3 aromatic rings. The SMILES string of the molecule is Cc1cccc(C)c1OCCOc1ccc(-c2noc(C(F)(F)F)n2)cc1. The Kier molecular flexibility index (Phi) is 5.34. The van der Waals surface area contributed by atoms with Crippen LogP contribution in [0.3, 0.4) is 0 Å². The molecule has 0 aliphatic carbocycles. The predicted molar refractivity (Wildman–Crippen MR) is 91.6 cm³/mol. The van der Waals surface area contributed by atoms with Crippen molar-refractivity contribution in [3.8, 4) is 22.9 Å². The summed E-state index contributed by atoms with van der Waals surface area (Å²) in [5.41, 5.74) is 2.50. The Labute approximate surface area is 153 Å². The Balaban J connectivity index is 1.54. The van der Waals surface area contributed by atoms with Crippen LogP contribution in [0.4, 0.5) is 13.2 Å². The molecule has 2 aromatic carbocycles. The maximum Gasteiger partial charge on any atom is 0.471 e. The smallest absolute Gasteiger partial charge is 0.471 e. The van der Waals surface area contributed by atoms with Crippen molar-refractivity contribution in [2.45, 2.75) is 20.0 Å². The second kappa shape index (κ2) is 7.69. The van der Waals surface area contributed by atoms with Gasteiger partial charge in [0.25, 0.3) is 0 Å². The number of benzene rings is 2. The Morgan fingerprint density at radius 2 is 1.56 bits per heavy atom. The van der Waals surface area contributed by atoms with Gasteiger partial charge in [0.15, 0.2) is 0 Å². The van der Waals surface area contributed by atoms with Crippen molar-refractivity contribution in [1.82, 2.24) is 10.1 Å². The molecule has 0 N–H and O–H groups in total. The van der Waals surface area contributed by atoms with E-state index in [0.29, 0.717) is 24.5 Å². The molecule has 0 radical (unpaired) electrons. The number of aryl methyl sites for hydroxylation is 2. The number of nitrogens with zero attached hydrogens (tertiary/aromatic N) is 2. The number of para-hydroxylation sites is 1.